The van der Waals surface area contributed by atoms with Crippen LogP contribution in [0.4, 0.5) is 0 Å². The number of halogens is 3. The molecule has 1 atom stereocenters. The summed E-state index contributed by atoms with van der Waals surface area (Å²) in [5.74, 6) is 0.909. The number of ether oxygens (including phenoxy) is 1. The molecule has 5 heteroatoms. The molecule has 18 heavy (non-hydrogen) atoms. The number of hydrogen-bond acceptors (Lipinski definition) is 2. The van der Waals surface area contributed by atoms with E-state index >= 15 is 0 Å². The number of benzene rings is 1. The van der Waals surface area contributed by atoms with Crippen LogP contribution in [0.15, 0.2) is 38.0 Å². The Balaban J connectivity index is 2.10. The van der Waals surface area contributed by atoms with E-state index in [1.165, 1.54) is 5.56 Å². The van der Waals surface area contributed by atoms with Crippen molar-refractivity contribution < 1.29 is 9.15 Å². The highest BCUT2D eigenvalue weighted by molar-refractivity contribution is 9.10. The van der Waals surface area contributed by atoms with E-state index in [0.29, 0.717) is 4.67 Å². The maximum Gasteiger partial charge on any atom is 0.173 e. The van der Waals surface area contributed by atoms with Crippen LogP contribution in [-0.2, 0) is 6.42 Å². The van der Waals surface area contributed by atoms with Gasteiger partial charge in [0.25, 0.3) is 0 Å². The van der Waals surface area contributed by atoms with Crippen molar-refractivity contribution in [2.75, 3.05) is 6.61 Å². The van der Waals surface area contributed by atoms with Crippen LogP contribution >= 0.6 is 43.5 Å². The van der Waals surface area contributed by atoms with Gasteiger partial charge < -0.3 is 9.15 Å². The van der Waals surface area contributed by atoms with Crippen molar-refractivity contribution in [1.29, 1.82) is 0 Å². The molecule has 2 aromatic rings. The van der Waals surface area contributed by atoms with Gasteiger partial charge in [0, 0.05) is 22.0 Å². The van der Waals surface area contributed by atoms with Gasteiger partial charge in [-0.3, -0.25) is 0 Å². The van der Waals surface area contributed by atoms with E-state index in [9.17, 15) is 0 Å². The molecule has 0 saturated carbocycles. The van der Waals surface area contributed by atoms with Crippen LogP contribution in [-0.4, -0.2) is 6.61 Å². The summed E-state index contributed by atoms with van der Waals surface area (Å²) in [7, 11) is 0. The van der Waals surface area contributed by atoms with Crippen molar-refractivity contribution in [1.82, 2.24) is 0 Å². The maximum atomic E-state index is 6.54. The molecule has 1 aromatic heterocycles. The molecule has 0 saturated heterocycles. The molecule has 1 aliphatic heterocycles. The monoisotopic (exact) mass is 390 g/mol. The second kappa shape index (κ2) is 4.91. The highest BCUT2D eigenvalue weighted by Crippen LogP contribution is 2.43. The lowest BCUT2D eigenvalue weighted by Gasteiger charge is -2.13. The van der Waals surface area contributed by atoms with E-state index in [2.05, 4.69) is 37.9 Å². The molecule has 0 aliphatic carbocycles. The number of rotatable bonds is 2. The third-order valence-corrected chi connectivity index (χ3v) is 4.54. The summed E-state index contributed by atoms with van der Waals surface area (Å²) in [4.78, 5) is 0. The van der Waals surface area contributed by atoms with Gasteiger partial charge in [-0.1, -0.05) is 15.9 Å². The van der Waals surface area contributed by atoms with Crippen LogP contribution in [0.5, 0.6) is 5.75 Å². The van der Waals surface area contributed by atoms with Gasteiger partial charge >= 0.3 is 0 Å². The van der Waals surface area contributed by atoms with Crippen LogP contribution in [0.3, 0.4) is 0 Å². The van der Waals surface area contributed by atoms with Crippen LogP contribution in [0.25, 0.3) is 0 Å². The SMILES string of the molecule is ClC(c1ccoc1Br)c1cc(Br)cc2c1OCC2. The van der Waals surface area contributed by atoms with Gasteiger partial charge in [-0.15, -0.1) is 11.6 Å². The topological polar surface area (TPSA) is 22.4 Å². The highest BCUT2D eigenvalue weighted by atomic mass is 79.9. The molecule has 0 N–H and O–H groups in total. The second-order valence-electron chi connectivity index (χ2n) is 4.09. The summed E-state index contributed by atoms with van der Waals surface area (Å²) >= 11 is 13.4. The summed E-state index contributed by atoms with van der Waals surface area (Å²) in [5, 5.41) is -0.289. The molecule has 1 aliphatic rings. The van der Waals surface area contributed by atoms with Crippen molar-refractivity contribution in [3.8, 4) is 5.75 Å². The number of hydrogen-bond donors (Lipinski definition) is 0. The Morgan fingerprint density at radius 2 is 2.06 bits per heavy atom. The fraction of sp³-hybridized carbons (Fsp3) is 0.231. The molecular weight excluding hydrogens is 383 g/mol. The summed E-state index contributed by atoms with van der Waals surface area (Å²) in [6, 6.07) is 5.95. The van der Waals surface area contributed by atoms with Gasteiger partial charge in [-0.05, 0) is 39.7 Å². The molecule has 2 nitrogen and oxygen atoms in total. The normalized spacial score (nSPS) is 15.3. The summed E-state index contributed by atoms with van der Waals surface area (Å²) in [6.45, 7) is 0.717. The van der Waals surface area contributed by atoms with Gasteiger partial charge in [-0.25, -0.2) is 0 Å². The minimum Gasteiger partial charge on any atom is -0.493 e. The molecule has 2 heterocycles. The van der Waals surface area contributed by atoms with E-state index in [1.54, 1.807) is 6.26 Å². The Kier molecular flexibility index (Phi) is 3.43. The zero-order valence-electron chi connectivity index (χ0n) is 9.25. The smallest absolute Gasteiger partial charge is 0.173 e. The largest absolute Gasteiger partial charge is 0.493 e. The fourth-order valence-electron chi connectivity index (χ4n) is 2.14. The predicted molar refractivity (Wildman–Crippen MR) is 77.4 cm³/mol. The lowest BCUT2D eigenvalue weighted by atomic mass is 10.0. The minimum absolute atomic E-state index is 0.289. The predicted octanol–water partition coefficient (Wildman–Crippen LogP) is 5.07. The first kappa shape index (κ1) is 12.6. The Morgan fingerprint density at radius 1 is 1.22 bits per heavy atom. The Labute approximate surface area is 127 Å². The van der Waals surface area contributed by atoms with E-state index in [1.807, 2.05) is 12.1 Å². The average Bonchev–Trinajstić information content (AvgIpc) is 2.95. The zero-order chi connectivity index (χ0) is 12.7. The van der Waals surface area contributed by atoms with Crippen LogP contribution in [0, 0.1) is 0 Å². The number of furan rings is 1. The zero-order valence-corrected chi connectivity index (χ0v) is 13.2. The molecule has 3 rings (SSSR count). The van der Waals surface area contributed by atoms with Crippen LogP contribution in [0.2, 0.25) is 0 Å². The van der Waals surface area contributed by atoms with E-state index in [4.69, 9.17) is 20.8 Å². The number of fused-ring (bicyclic) bond motifs is 1. The lowest BCUT2D eigenvalue weighted by Crippen LogP contribution is -1.97. The maximum absolute atomic E-state index is 6.54. The molecule has 0 radical (unpaired) electrons. The minimum atomic E-state index is -0.289. The molecule has 0 fully saturated rings. The van der Waals surface area contributed by atoms with Crippen molar-refractivity contribution in [2.45, 2.75) is 11.8 Å². The van der Waals surface area contributed by atoms with Crippen LogP contribution < -0.4 is 4.74 Å². The molecule has 1 aromatic carbocycles. The Morgan fingerprint density at radius 3 is 2.78 bits per heavy atom. The molecule has 0 amide bonds. The van der Waals surface area contributed by atoms with Gasteiger partial charge in [0.05, 0.1) is 18.2 Å². The molecule has 0 bridgehead atoms. The van der Waals surface area contributed by atoms with Gasteiger partial charge in [0.15, 0.2) is 4.67 Å². The molecular formula is C13H9Br2ClO2. The molecule has 1 unspecified atom stereocenters. The summed E-state index contributed by atoms with van der Waals surface area (Å²) in [6.07, 6.45) is 2.55. The van der Waals surface area contributed by atoms with Gasteiger partial charge in [-0.2, -0.15) is 0 Å². The highest BCUT2D eigenvalue weighted by Gasteiger charge is 2.25. The second-order valence-corrected chi connectivity index (χ2v) is 6.17. The van der Waals surface area contributed by atoms with E-state index < -0.39 is 0 Å². The Bertz CT molecular complexity index is 595. The van der Waals surface area contributed by atoms with Gasteiger partial charge in [0.1, 0.15) is 5.75 Å². The first-order valence-electron chi connectivity index (χ1n) is 5.49. The first-order valence-corrected chi connectivity index (χ1v) is 7.51. The molecule has 0 spiro atoms. The third kappa shape index (κ3) is 2.10. The molecule has 94 valence electrons. The summed E-state index contributed by atoms with van der Waals surface area (Å²) < 4.78 is 12.6. The lowest BCUT2D eigenvalue weighted by molar-refractivity contribution is 0.353. The van der Waals surface area contributed by atoms with Crippen molar-refractivity contribution in [2.24, 2.45) is 0 Å². The van der Waals surface area contributed by atoms with E-state index in [0.717, 1.165) is 34.4 Å². The quantitative estimate of drug-likeness (QED) is 0.666. The van der Waals surface area contributed by atoms with Crippen LogP contribution in [0.1, 0.15) is 22.1 Å². The van der Waals surface area contributed by atoms with Crippen molar-refractivity contribution in [3.63, 3.8) is 0 Å². The first-order chi connectivity index (χ1) is 8.66. The fourth-order valence-corrected chi connectivity index (χ4v) is 3.60. The standard InChI is InChI=1S/C13H9Br2ClO2/c14-8-5-7-1-3-17-12(7)10(6-8)11(16)9-2-4-18-13(9)15/h2,4-6,11H,1,3H2. The van der Waals surface area contributed by atoms with E-state index in [-0.39, 0.29) is 5.38 Å². The summed E-state index contributed by atoms with van der Waals surface area (Å²) in [5.41, 5.74) is 3.08. The number of alkyl halides is 1. The van der Waals surface area contributed by atoms with Crippen molar-refractivity contribution >= 4 is 43.5 Å². The van der Waals surface area contributed by atoms with Crippen molar-refractivity contribution in [3.05, 3.63) is 50.3 Å². The van der Waals surface area contributed by atoms with Gasteiger partial charge in [0.2, 0.25) is 0 Å². The Hall–Kier alpha value is -0.450. The third-order valence-electron chi connectivity index (χ3n) is 2.97. The average molecular weight is 392 g/mol.